The van der Waals surface area contributed by atoms with E-state index in [0.29, 0.717) is 0 Å². The highest BCUT2D eigenvalue weighted by molar-refractivity contribution is 9.10. The van der Waals surface area contributed by atoms with E-state index in [1.54, 1.807) is 0 Å². The van der Waals surface area contributed by atoms with Gasteiger partial charge in [0.25, 0.3) is 0 Å². The minimum absolute atomic E-state index is 0.720. The standard InChI is InChI=1S/C20H13BrN2S/c21-15-12-10-14(11-13-15)19-17-8-4-5-9-18(17)20(24)23(22-19)16-6-2-1-3-7-16/h1-13H. The van der Waals surface area contributed by atoms with E-state index < -0.39 is 0 Å². The molecule has 0 aliphatic heterocycles. The van der Waals surface area contributed by atoms with Crippen molar-refractivity contribution in [3.63, 3.8) is 0 Å². The Morgan fingerprint density at radius 3 is 2.08 bits per heavy atom. The van der Waals surface area contributed by atoms with Crippen molar-refractivity contribution in [3.05, 3.63) is 88.0 Å². The first kappa shape index (κ1) is 15.2. The van der Waals surface area contributed by atoms with Crippen LogP contribution in [0.2, 0.25) is 0 Å². The van der Waals surface area contributed by atoms with Crippen LogP contribution in [0.3, 0.4) is 0 Å². The first-order chi connectivity index (χ1) is 11.7. The zero-order valence-corrected chi connectivity index (χ0v) is 15.1. The molecule has 0 amide bonds. The van der Waals surface area contributed by atoms with E-state index >= 15 is 0 Å². The molecule has 1 aromatic heterocycles. The third kappa shape index (κ3) is 2.68. The number of aromatic nitrogens is 2. The van der Waals surface area contributed by atoms with E-state index in [1.807, 2.05) is 59.3 Å². The van der Waals surface area contributed by atoms with Gasteiger partial charge < -0.3 is 0 Å². The molecule has 0 saturated carbocycles. The van der Waals surface area contributed by atoms with Gasteiger partial charge in [-0.3, -0.25) is 0 Å². The Bertz CT molecular complexity index is 1070. The highest BCUT2D eigenvalue weighted by Gasteiger charge is 2.11. The summed E-state index contributed by atoms with van der Waals surface area (Å²) in [5, 5.41) is 6.97. The number of hydrogen-bond acceptors (Lipinski definition) is 2. The summed E-state index contributed by atoms with van der Waals surface area (Å²) in [6, 6.07) is 26.4. The lowest BCUT2D eigenvalue weighted by molar-refractivity contribution is 0.847. The summed E-state index contributed by atoms with van der Waals surface area (Å²) >= 11 is 9.19. The van der Waals surface area contributed by atoms with Crippen molar-refractivity contribution in [2.75, 3.05) is 0 Å². The van der Waals surface area contributed by atoms with Gasteiger partial charge >= 0.3 is 0 Å². The number of benzene rings is 3. The van der Waals surface area contributed by atoms with Crippen LogP contribution in [0.1, 0.15) is 0 Å². The van der Waals surface area contributed by atoms with Gasteiger partial charge in [-0.1, -0.05) is 82.7 Å². The van der Waals surface area contributed by atoms with Gasteiger partial charge in [0.15, 0.2) is 0 Å². The summed E-state index contributed by atoms with van der Waals surface area (Å²) in [6.45, 7) is 0. The van der Waals surface area contributed by atoms with Gasteiger partial charge in [0.1, 0.15) is 4.64 Å². The maximum Gasteiger partial charge on any atom is 0.136 e. The molecule has 2 nitrogen and oxygen atoms in total. The fourth-order valence-corrected chi connectivity index (χ4v) is 3.34. The Morgan fingerprint density at radius 2 is 1.38 bits per heavy atom. The molecule has 0 saturated heterocycles. The SMILES string of the molecule is S=c1c2ccccc2c(-c2ccc(Br)cc2)nn1-c1ccccc1. The van der Waals surface area contributed by atoms with Crippen LogP contribution in [-0.4, -0.2) is 9.78 Å². The summed E-state index contributed by atoms with van der Waals surface area (Å²) in [4.78, 5) is 0. The number of hydrogen-bond donors (Lipinski definition) is 0. The fraction of sp³-hybridized carbons (Fsp3) is 0. The Morgan fingerprint density at radius 1 is 0.750 bits per heavy atom. The van der Waals surface area contributed by atoms with E-state index in [0.717, 1.165) is 36.8 Å². The zero-order valence-electron chi connectivity index (χ0n) is 12.7. The number of halogens is 1. The normalized spacial score (nSPS) is 10.9. The molecule has 0 aliphatic carbocycles. The molecule has 0 spiro atoms. The minimum Gasteiger partial charge on any atom is -0.222 e. The van der Waals surface area contributed by atoms with Crippen molar-refractivity contribution < 1.29 is 0 Å². The number of fused-ring (bicyclic) bond motifs is 1. The lowest BCUT2D eigenvalue weighted by atomic mass is 10.1. The second kappa shape index (κ2) is 6.30. The molecule has 1 heterocycles. The number of nitrogens with zero attached hydrogens (tertiary/aromatic N) is 2. The quantitative estimate of drug-likeness (QED) is 0.378. The van der Waals surface area contributed by atoms with Crippen molar-refractivity contribution in [1.29, 1.82) is 0 Å². The molecule has 0 unspecified atom stereocenters. The van der Waals surface area contributed by atoms with Crippen molar-refractivity contribution >= 4 is 38.9 Å². The maximum atomic E-state index is 5.70. The first-order valence-corrected chi connectivity index (χ1v) is 8.77. The first-order valence-electron chi connectivity index (χ1n) is 7.57. The largest absolute Gasteiger partial charge is 0.222 e. The highest BCUT2D eigenvalue weighted by Crippen LogP contribution is 2.29. The molecule has 116 valence electrons. The van der Waals surface area contributed by atoms with Gasteiger partial charge in [-0.25, -0.2) is 4.68 Å². The van der Waals surface area contributed by atoms with Gasteiger partial charge in [0, 0.05) is 20.8 Å². The van der Waals surface area contributed by atoms with Crippen LogP contribution in [0.15, 0.2) is 83.3 Å². The lowest BCUT2D eigenvalue weighted by Gasteiger charge is -2.13. The van der Waals surface area contributed by atoms with Crippen LogP contribution in [0.5, 0.6) is 0 Å². The van der Waals surface area contributed by atoms with Crippen LogP contribution >= 0.6 is 28.1 Å². The topological polar surface area (TPSA) is 17.8 Å². The molecule has 0 aliphatic rings. The molecule has 4 heteroatoms. The summed E-state index contributed by atoms with van der Waals surface area (Å²) in [6.07, 6.45) is 0. The Balaban J connectivity index is 2.08. The molecule has 4 rings (SSSR count). The van der Waals surface area contributed by atoms with Crippen LogP contribution in [0, 0.1) is 4.64 Å². The van der Waals surface area contributed by atoms with Gasteiger partial charge in [-0.05, 0) is 24.3 Å². The zero-order chi connectivity index (χ0) is 16.5. The summed E-state index contributed by atoms with van der Waals surface area (Å²) in [5.74, 6) is 0. The van der Waals surface area contributed by atoms with Crippen LogP contribution < -0.4 is 0 Å². The maximum absolute atomic E-state index is 5.70. The Kier molecular flexibility index (Phi) is 4.00. The molecule has 0 bridgehead atoms. The van der Waals surface area contributed by atoms with Crippen molar-refractivity contribution in [1.82, 2.24) is 9.78 Å². The monoisotopic (exact) mass is 392 g/mol. The summed E-state index contributed by atoms with van der Waals surface area (Å²) in [5.41, 5.74) is 2.95. The molecule has 0 fully saturated rings. The molecule has 24 heavy (non-hydrogen) atoms. The predicted molar refractivity (Wildman–Crippen MR) is 105 cm³/mol. The van der Waals surface area contributed by atoms with Crippen LogP contribution in [-0.2, 0) is 0 Å². The van der Waals surface area contributed by atoms with E-state index in [2.05, 4.69) is 40.2 Å². The van der Waals surface area contributed by atoms with Crippen molar-refractivity contribution in [3.8, 4) is 16.9 Å². The average Bonchev–Trinajstić information content (AvgIpc) is 2.64. The van der Waals surface area contributed by atoms with Crippen molar-refractivity contribution in [2.45, 2.75) is 0 Å². The van der Waals surface area contributed by atoms with E-state index in [1.165, 1.54) is 0 Å². The number of rotatable bonds is 2. The smallest absolute Gasteiger partial charge is 0.136 e. The Labute approximate surface area is 153 Å². The van der Waals surface area contributed by atoms with E-state index in [4.69, 9.17) is 17.3 Å². The van der Waals surface area contributed by atoms with Gasteiger partial charge in [-0.15, -0.1) is 0 Å². The molecule has 0 N–H and O–H groups in total. The molecule has 0 radical (unpaired) electrons. The molecule has 0 atom stereocenters. The molecule has 3 aromatic carbocycles. The molecule has 4 aromatic rings. The van der Waals surface area contributed by atoms with Crippen LogP contribution in [0.4, 0.5) is 0 Å². The van der Waals surface area contributed by atoms with E-state index in [9.17, 15) is 0 Å². The van der Waals surface area contributed by atoms with Gasteiger partial charge in [-0.2, -0.15) is 5.10 Å². The third-order valence-corrected chi connectivity index (χ3v) is 4.84. The second-order valence-corrected chi connectivity index (χ2v) is 6.76. The summed E-state index contributed by atoms with van der Waals surface area (Å²) < 4.78 is 3.61. The van der Waals surface area contributed by atoms with E-state index in [-0.39, 0.29) is 0 Å². The minimum atomic E-state index is 0.720. The molecular weight excluding hydrogens is 380 g/mol. The highest BCUT2D eigenvalue weighted by atomic mass is 79.9. The summed E-state index contributed by atoms with van der Waals surface area (Å²) in [7, 11) is 0. The third-order valence-electron chi connectivity index (χ3n) is 3.92. The van der Waals surface area contributed by atoms with Crippen LogP contribution in [0.25, 0.3) is 27.7 Å². The van der Waals surface area contributed by atoms with Crippen molar-refractivity contribution in [2.24, 2.45) is 0 Å². The second-order valence-electron chi connectivity index (χ2n) is 5.45. The Hall–Kier alpha value is -2.30. The lowest BCUT2D eigenvalue weighted by Crippen LogP contribution is -2.05. The molecular formula is C20H13BrN2S. The fourth-order valence-electron chi connectivity index (χ4n) is 2.75. The average molecular weight is 393 g/mol. The predicted octanol–water partition coefficient (Wildman–Crippen LogP) is 6.18. The number of para-hydroxylation sites is 1. The van der Waals surface area contributed by atoms with Gasteiger partial charge in [0.2, 0.25) is 0 Å². The van der Waals surface area contributed by atoms with Gasteiger partial charge in [0.05, 0.1) is 11.4 Å².